The number of aromatic nitrogens is 3. The highest BCUT2D eigenvalue weighted by molar-refractivity contribution is 6.28. The van der Waals surface area contributed by atoms with Crippen molar-refractivity contribution < 1.29 is 18.0 Å². The molecule has 2 aromatic heterocycles. The number of aromatic amines is 1. The molecule has 0 bridgehead atoms. The summed E-state index contributed by atoms with van der Waals surface area (Å²) in [5.74, 6) is -0.800. The van der Waals surface area contributed by atoms with Gasteiger partial charge in [-0.15, -0.1) is 0 Å². The van der Waals surface area contributed by atoms with Crippen molar-refractivity contribution in [2.45, 2.75) is 6.18 Å². The Morgan fingerprint density at radius 1 is 1.17 bits per heavy atom. The number of carbonyl (C=O) groups excluding carboxylic acids is 1. The number of amides is 1. The zero-order valence-corrected chi connectivity index (χ0v) is 12.7. The molecule has 3 aromatic rings. The molecule has 0 unspecified atom stereocenters. The molecule has 5 nitrogen and oxygen atoms in total. The van der Waals surface area contributed by atoms with Crippen molar-refractivity contribution in [3.8, 4) is 11.3 Å². The predicted octanol–water partition coefficient (Wildman–Crippen LogP) is 3.57. The second-order valence-corrected chi connectivity index (χ2v) is 5.29. The summed E-state index contributed by atoms with van der Waals surface area (Å²) in [6.07, 6.45) is -2.76. The molecule has 0 aliphatic carbocycles. The minimum Gasteiger partial charge on any atom is -0.346 e. The van der Waals surface area contributed by atoms with Crippen LogP contribution < -0.4 is 5.32 Å². The van der Waals surface area contributed by atoms with Crippen molar-refractivity contribution in [2.24, 2.45) is 0 Å². The highest BCUT2D eigenvalue weighted by Gasteiger charge is 2.27. The normalized spacial score (nSPS) is 11.7. The van der Waals surface area contributed by atoms with Gasteiger partial charge in [0.25, 0.3) is 5.91 Å². The number of hydrogen-bond donors (Lipinski definition) is 2. The minimum atomic E-state index is -4.45. The largest absolute Gasteiger partial charge is 0.405 e. The molecular formula is C15H10ClF3N4O. The number of nitrogens with one attached hydrogen (secondary N) is 2. The molecule has 1 amide bonds. The summed E-state index contributed by atoms with van der Waals surface area (Å²) in [6.45, 7) is -1.38. The number of fused-ring (bicyclic) bond motifs is 1. The first-order valence-electron chi connectivity index (χ1n) is 6.79. The van der Waals surface area contributed by atoms with Crippen LogP contribution in [0.3, 0.4) is 0 Å². The van der Waals surface area contributed by atoms with Crippen LogP contribution in [0.1, 0.15) is 10.4 Å². The van der Waals surface area contributed by atoms with E-state index in [0.29, 0.717) is 16.9 Å². The minimum absolute atomic E-state index is 0.0620. The van der Waals surface area contributed by atoms with E-state index in [4.69, 9.17) is 11.6 Å². The standard InChI is InChI=1S/C15H10ClF3N4O/c16-14-22-11(10-5-6-20-12(10)23-14)8-1-3-9(4-2-8)13(24)21-7-15(17,18)19/h1-6H,7H2,(H,21,24)(H,20,22,23). The average Bonchev–Trinajstić information content (AvgIpc) is 2.99. The van der Waals surface area contributed by atoms with Gasteiger partial charge in [0, 0.05) is 22.7 Å². The molecule has 3 rings (SSSR count). The van der Waals surface area contributed by atoms with E-state index in [2.05, 4.69) is 15.0 Å². The lowest BCUT2D eigenvalue weighted by atomic mass is 10.1. The zero-order valence-electron chi connectivity index (χ0n) is 12.0. The zero-order chi connectivity index (χ0) is 17.3. The fourth-order valence-corrected chi connectivity index (χ4v) is 2.37. The van der Waals surface area contributed by atoms with Crippen LogP contribution in [-0.2, 0) is 0 Å². The Kier molecular flexibility index (Phi) is 4.15. The number of hydrogen-bond acceptors (Lipinski definition) is 3. The van der Waals surface area contributed by atoms with Gasteiger partial charge in [0.1, 0.15) is 12.2 Å². The maximum Gasteiger partial charge on any atom is 0.405 e. The SMILES string of the molecule is O=C(NCC(F)(F)F)c1ccc(-c2nc(Cl)nc3[nH]ccc23)cc1. The maximum atomic E-state index is 12.1. The van der Waals surface area contributed by atoms with Crippen molar-refractivity contribution in [1.82, 2.24) is 20.3 Å². The van der Waals surface area contributed by atoms with Crippen molar-refractivity contribution in [3.05, 3.63) is 47.4 Å². The quantitative estimate of drug-likeness (QED) is 0.706. The van der Waals surface area contributed by atoms with Crippen molar-refractivity contribution in [2.75, 3.05) is 6.54 Å². The number of carbonyl (C=O) groups is 1. The van der Waals surface area contributed by atoms with Crippen LogP contribution in [0.2, 0.25) is 5.28 Å². The Morgan fingerprint density at radius 3 is 2.54 bits per heavy atom. The second kappa shape index (κ2) is 6.12. The van der Waals surface area contributed by atoms with E-state index in [1.54, 1.807) is 24.4 Å². The summed E-state index contributed by atoms with van der Waals surface area (Å²) < 4.78 is 36.4. The van der Waals surface area contributed by atoms with Gasteiger partial charge < -0.3 is 10.3 Å². The summed E-state index contributed by atoms with van der Waals surface area (Å²) in [6, 6.07) is 7.82. The van der Waals surface area contributed by atoms with Gasteiger partial charge in [-0.05, 0) is 29.8 Å². The third kappa shape index (κ3) is 3.48. The van der Waals surface area contributed by atoms with E-state index in [1.165, 1.54) is 12.1 Å². The molecule has 0 radical (unpaired) electrons. The Labute approximate surface area is 138 Å². The topological polar surface area (TPSA) is 70.7 Å². The number of nitrogens with zero attached hydrogens (tertiary/aromatic N) is 2. The fraction of sp³-hybridized carbons (Fsp3) is 0.133. The van der Waals surface area contributed by atoms with E-state index in [-0.39, 0.29) is 10.8 Å². The van der Waals surface area contributed by atoms with Crippen molar-refractivity contribution in [1.29, 1.82) is 0 Å². The Morgan fingerprint density at radius 2 is 1.88 bits per heavy atom. The number of benzene rings is 1. The van der Waals surface area contributed by atoms with Gasteiger partial charge >= 0.3 is 6.18 Å². The van der Waals surface area contributed by atoms with Crippen LogP contribution in [-0.4, -0.2) is 33.6 Å². The summed E-state index contributed by atoms with van der Waals surface area (Å²) in [4.78, 5) is 22.8. The first kappa shape index (κ1) is 16.3. The molecule has 0 fully saturated rings. The van der Waals surface area contributed by atoms with Crippen LogP contribution in [0.25, 0.3) is 22.3 Å². The van der Waals surface area contributed by atoms with E-state index in [1.807, 2.05) is 5.32 Å². The predicted molar refractivity (Wildman–Crippen MR) is 82.7 cm³/mol. The summed E-state index contributed by atoms with van der Waals surface area (Å²) in [5.41, 5.74) is 1.91. The summed E-state index contributed by atoms with van der Waals surface area (Å²) in [5, 5.41) is 2.62. The van der Waals surface area contributed by atoms with Crippen molar-refractivity contribution >= 4 is 28.5 Å². The Hall–Kier alpha value is -2.61. The third-order valence-corrected chi connectivity index (χ3v) is 3.43. The van der Waals surface area contributed by atoms with Crippen LogP contribution in [0.5, 0.6) is 0 Å². The molecule has 1 aromatic carbocycles. The van der Waals surface area contributed by atoms with Crippen LogP contribution in [0.15, 0.2) is 36.5 Å². The summed E-state index contributed by atoms with van der Waals surface area (Å²) >= 11 is 5.88. The smallest absolute Gasteiger partial charge is 0.346 e. The van der Waals surface area contributed by atoms with Crippen LogP contribution in [0.4, 0.5) is 13.2 Å². The molecular weight excluding hydrogens is 345 g/mol. The summed E-state index contributed by atoms with van der Waals surface area (Å²) in [7, 11) is 0. The molecule has 9 heteroatoms. The number of rotatable bonds is 3. The molecule has 0 aliphatic heterocycles. The first-order chi connectivity index (χ1) is 11.3. The number of halogens is 4. The van der Waals surface area contributed by atoms with Gasteiger partial charge in [-0.25, -0.2) is 4.98 Å². The van der Waals surface area contributed by atoms with Gasteiger partial charge in [-0.3, -0.25) is 4.79 Å². The van der Waals surface area contributed by atoms with Gasteiger partial charge in [0.05, 0.1) is 5.69 Å². The van der Waals surface area contributed by atoms with Crippen LogP contribution >= 0.6 is 11.6 Å². The lowest BCUT2D eigenvalue weighted by Crippen LogP contribution is -2.33. The second-order valence-electron chi connectivity index (χ2n) is 4.96. The highest BCUT2D eigenvalue weighted by atomic mass is 35.5. The van der Waals surface area contributed by atoms with Gasteiger partial charge in [0.15, 0.2) is 0 Å². The maximum absolute atomic E-state index is 12.1. The van der Waals surface area contributed by atoms with Gasteiger partial charge in [-0.1, -0.05) is 12.1 Å². The van der Waals surface area contributed by atoms with Gasteiger partial charge in [0.2, 0.25) is 5.28 Å². The molecule has 0 saturated carbocycles. The first-order valence-corrected chi connectivity index (χ1v) is 7.17. The fourth-order valence-electron chi connectivity index (χ4n) is 2.20. The van der Waals surface area contributed by atoms with Crippen LogP contribution in [0, 0.1) is 0 Å². The van der Waals surface area contributed by atoms with E-state index < -0.39 is 18.6 Å². The highest BCUT2D eigenvalue weighted by Crippen LogP contribution is 2.27. The molecule has 24 heavy (non-hydrogen) atoms. The Bertz CT molecular complexity index is 890. The lowest BCUT2D eigenvalue weighted by Gasteiger charge is -2.09. The molecule has 0 aliphatic rings. The van der Waals surface area contributed by atoms with E-state index in [0.717, 1.165) is 5.39 Å². The third-order valence-electron chi connectivity index (χ3n) is 3.26. The van der Waals surface area contributed by atoms with Gasteiger partial charge in [-0.2, -0.15) is 18.2 Å². The van der Waals surface area contributed by atoms with E-state index in [9.17, 15) is 18.0 Å². The molecule has 2 heterocycles. The van der Waals surface area contributed by atoms with Crippen molar-refractivity contribution in [3.63, 3.8) is 0 Å². The molecule has 0 spiro atoms. The molecule has 124 valence electrons. The monoisotopic (exact) mass is 354 g/mol. The lowest BCUT2D eigenvalue weighted by molar-refractivity contribution is -0.123. The molecule has 0 atom stereocenters. The average molecular weight is 355 g/mol. The number of alkyl halides is 3. The molecule has 2 N–H and O–H groups in total. The Balaban J connectivity index is 1.86. The molecule has 0 saturated heterocycles. The van der Waals surface area contributed by atoms with E-state index >= 15 is 0 Å². The number of H-pyrrole nitrogens is 1.